The summed E-state index contributed by atoms with van der Waals surface area (Å²) >= 11 is 2.63. The second-order valence-electron chi connectivity index (χ2n) is 14.5. The van der Waals surface area contributed by atoms with Crippen molar-refractivity contribution in [2.75, 3.05) is 19.4 Å². The first-order valence-electron chi connectivity index (χ1n) is 16.6. The van der Waals surface area contributed by atoms with Crippen molar-refractivity contribution in [2.45, 2.75) is 131 Å². The molecular weight excluding hydrogens is 645 g/mol. The average molecular weight is 699 g/mol. The van der Waals surface area contributed by atoms with E-state index in [-0.39, 0.29) is 12.5 Å². The molecule has 2 amide bonds. The number of rotatable bonds is 10. The molecule has 4 rings (SSSR count). The van der Waals surface area contributed by atoms with Crippen molar-refractivity contribution >= 4 is 35.5 Å². The fourth-order valence-electron chi connectivity index (χ4n) is 6.98. The van der Waals surface area contributed by atoms with Crippen LogP contribution in [0.15, 0.2) is 29.2 Å². The lowest BCUT2D eigenvalue weighted by Gasteiger charge is -2.45. The van der Waals surface area contributed by atoms with E-state index < -0.39 is 70.9 Å². The number of ether oxygens (including phenoxy) is 3. The first kappa shape index (κ1) is 38.2. The van der Waals surface area contributed by atoms with Crippen LogP contribution in [0.5, 0.6) is 0 Å². The van der Waals surface area contributed by atoms with Crippen LogP contribution in [-0.2, 0) is 25.6 Å². The Morgan fingerprint density at radius 2 is 1.77 bits per heavy atom. The minimum Gasteiger partial charge on any atom is -0.444 e. The Morgan fingerprint density at radius 1 is 1.09 bits per heavy atom. The molecular formula is C34H54N2O9S2. The van der Waals surface area contributed by atoms with Crippen LogP contribution in [0.4, 0.5) is 4.79 Å². The number of hydrogen-bond acceptors (Lipinski definition) is 11. The Kier molecular flexibility index (Phi) is 13.4. The van der Waals surface area contributed by atoms with Gasteiger partial charge in [-0.1, -0.05) is 32.9 Å². The van der Waals surface area contributed by atoms with Crippen LogP contribution in [0.3, 0.4) is 0 Å². The number of fused-ring (bicyclic) bond motifs is 1. The molecule has 0 aromatic heterocycles. The van der Waals surface area contributed by atoms with Crippen LogP contribution in [0.25, 0.3) is 0 Å². The van der Waals surface area contributed by atoms with E-state index in [2.05, 4.69) is 19.2 Å². The SMILES string of the molecule is CSC1O[C@H]([C@H](NC(=O)[C@@H]2[C@@H]3OCC[C@@H](CC(C)C)C[C@H]3CN2C(=O)OC(C)(C)C)[C@H](C)Sc2ccc(CO)cc2)[C@@H](O)C(O)[C@H]1O. The highest BCUT2D eigenvalue weighted by atomic mass is 32.2. The van der Waals surface area contributed by atoms with Gasteiger partial charge in [-0.15, -0.1) is 23.5 Å². The van der Waals surface area contributed by atoms with E-state index in [0.717, 1.165) is 29.7 Å². The number of nitrogens with zero attached hydrogens (tertiary/aromatic N) is 1. The Morgan fingerprint density at radius 3 is 2.36 bits per heavy atom. The highest BCUT2D eigenvalue weighted by molar-refractivity contribution is 8.00. The molecule has 5 N–H and O–H groups in total. The van der Waals surface area contributed by atoms with Gasteiger partial charge < -0.3 is 40.0 Å². The van der Waals surface area contributed by atoms with E-state index in [4.69, 9.17) is 14.2 Å². The molecule has 47 heavy (non-hydrogen) atoms. The lowest BCUT2D eigenvalue weighted by Crippen LogP contribution is -2.66. The molecule has 3 aliphatic rings. The molecule has 3 heterocycles. The zero-order chi connectivity index (χ0) is 34.6. The summed E-state index contributed by atoms with van der Waals surface area (Å²) in [6.07, 6.45) is -2.04. The van der Waals surface area contributed by atoms with E-state index in [1.54, 1.807) is 27.0 Å². The lowest BCUT2D eigenvalue weighted by atomic mass is 9.85. The predicted molar refractivity (Wildman–Crippen MR) is 182 cm³/mol. The monoisotopic (exact) mass is 698 g/mol. The largest absolute Gasteiger partial charge is 0.444 e. The number of hydrogen-bond donors (Lipinski definition) is 5. The van der Waals surface area contributed by atoms with Gasteiger partial charge in [0, 0.05) is 29.2 Å². The van der Waals surface area contributed by atoms with Gasteiger partial charge in [0.15, 0.2) is 0 Å². The maximum absolute atomic E-state index is 14.5. The number of carbonyl (C=O) groups excluding carboxylic acids is 2. The van der Waals surface area contributed by atoms with Crippen molar-refractivity contribution < 1.29 is 44.2 Å². The Hall–Kier alpha value is -1.58. The first-order chi connectivity index (χ1) is 22.1. The topological polar surface area (TPSA) is 158 Å². The zero-order valence-electron chi connectivity index (χ0n) is 28.6. The second-order valence-corrected chi connectivity index (χ2v) is 16.9. The summed E-state index contributed by atoms with van der Waals surface area (Å²) in [6, 6.07) is 5.52. The van der Waals surface area contributed by atoms with Crippen molar-refractivity contribution in [3.63, 3.8) is 0 Å². The maximum atomic E-state index is 14.5. The summed E-state index contributed by atoms with van der Waals surface area (Å²) in [7, 11) is 0. The molecule has 0 spiro atoms. The minimum atomic E-state index is -1.50. The molecule has 3 saturated heterocycles. The van der Waals surface area contributed by atoms with E-state index in [1.165, 1.54) is 28.4 Å². The number of aliphatic hydroxyl groups excluding tert-OH is 4. The molecule has 3 aliphatic heterocycles. The number of amides is 2. The van der Waals surface area contributed by atoms with E-state index in [1.807, 2.05) is 31.2 Å². The molecule has 3 fully saturated rings. The summed E-state index contributed by atoms with van der Waals surface area (Å²) in [5.41, 5.74) is -0.849. The van der Waals surface area contributed by atoms with Crippen molar-refractivity contribution in [3.8, 4) is 0 Å². The number of thioether (sulfide) groups is 2. The first-order valence-corrected chi connectivity index (χ1v) is 18.8. The van der Waals surface area contributed by atoms with Gasteiger partial charge in [-0.3, -0.25) is 9.69 Å². The van der Waals surface area contributed by atoms with Gasteiger partial charge in [-0.25, -0.2) is 4.79 Å². The highest BCUT2D eigenvalue weighted by Crippen LogP contribution is 2.39. The Labute approximate surface area is 287 Å². The maximum Gasteiger partial charge on any atom is 0.411 e. The summed E-state index contributed by atoms with van der Waals surface area (Å²) in [6.45, 7) is 12.4. The van der Waals surface area contributed by atoms with Crippen LogP contribution in [0.1, 0.15) is 66.4 Å². The Bertz CT molecular complexity index is 1180. The van der Waals surface area contributed by atoms with Crippen LogP contribution in [-0.4, -0.2) is 116 Å². The molecule has 0 aliphatic carbocycles. The molecule has 0 bridgehead atoms. The number of carbonyl (C=O) groups is 2. The third kappa shape index (κ3) is 9.56. The summed E-state index contributed by atoms with van der Waals surface area (Å²) < 4.78 is 18.3. The lowest BCUT2D eigenvalue weighted by molar-refractivity contribution is -0.205. The van der Waals surface area contributed by atoms with Gasteiger partial charge in [0.25, 0.3) is 0 Å². The van der Waals surface area contributed by atoms with Crippen LogP contribution in [0, 0.1) is 17.8 Å². The predicted octanol–water partition coefficient (Wildman–Crippen LogP) is 3.39. The molecule has 2 unspecified atom stereocenters. The number of aliphatic hydroxyl groups is 4. The molecule has 1 aromatic rings. The number of likely N-dealkylation sites (tertiary alicyclic amines) is 1. The van der Waals surface area contributed by atoms with Gasteiger partial charge in [0.05, 0.1) is 18.8 Å². The second kappa shape index (κ2) is 16.4. The van der Waals surface area contributed by atoms with Gasteiger partial charge in [0.1, 0.15) is 41.5 Å². The van der Waals surface area contributed by atoms with Gasteiger partial charge in [-0.2, -0.15) is 0 Å². The summed E-state index contributed by atoms with van der Waals surface area (Å²) in [5, 5.41) is 44.8. The van der Waals surface area contributed by atoms with Crippen molar-refractivity contribution in [1.82, 2.24) is 10.2 Å². The minimum absolute atomic E-state index is 0.0610. The molecule has 1 aromatic carbocycles. The molecule has 266 valence electrons. The van der Waals surface area contributed by atoms with E-state index >= 15 is 0 Å². The fraction of sp³-hybridized carbons (Fsp3) is 0.765. The Balaban J connectivity index is 1.66. The zero-order valence-corrected chi connectivity index (χ0v) is 30.2. The highest BCUT2D eigenvalue weighted by Gasteiger charge is 2.53. The quantitative estimate of drug-likeness (QED) is 0.228. The summed E-state index contributed by atoms with van der Waals surface area (Å²) in [5.74, 6) is 0.403. The molecule has 11 nitrogen and oxygen atoms in total. The van der Waals surface area contributed by atoms with Gasteiger partial charge in [0.2, 0.25) is 5.91 Å². The van der Waals surface area contributed by atoms with E-state index in [0.29, 0.717) is 25.0 Å². The number of benzene rings is 1. The van der Waals surface area contributed by atoms with Gasteiger partial charge in [-0.05, 0) is 75.8 Å². The van der Waals surface area contributed by atoms with Gasteiger partial charge >= 0.3 is 6.09 Å². The van der Waals surface area contributed by atoms with Crippen molar-refractivity contribution in [1.29, 1.82) is 0 Å². The summed E-state index contributed by atoms with van der Waals surface area (Å²) in [4.78, 5) is 30.5. The van der Waals surface area contributed by atoms with Crippen LogP contribution >= 0.6 is 23.5 Å². The van der Waals surface area contributed by atoms with E-state index in [9.17, 15) is 30.0 Å². The van der Waals surface area contributed by atoms with Crippen LogP contribution in [0.2, 0.25) is 0 Å². The molecule has 13 heteroatoms. The molecule has 0 radical (unpaired) electrons. The fourth-order valence-corrected chi connectivity index (χ4v) is 8.75. The molecule has 0 saturated carbocycles. The smallest absolute Gasteiger partial charge is 0.411 e. The van der Waals surface area contributed by atoms with Crippen molar-refractivity contribution in [2.24, 2.45) is 17.8 Å². The standard InChI is InChI=1S/C34H54N2O9S2/c1-18(2)14-21-12-13-43-29-22(15-21)16-36(33(42)45-34(4,5)6)25(29)31(41)35-24(19(3)47-23-10-8-20(17-37)9-11-23)30-27(39)26(38)28(40)32(44-30)46-7/h8-11,18-19,21-22,24-30,32,37-40H,12-17H2,1-7H3,(H,35,41)/t19-,21-,22-,24+,25-,26?,27-,28+,29+,30+,32?/m0/s1. The van der Waals surface area contributed by atoms with Crippen molar-refractivity contribution in [3.05, 3.63) is 29.8 Å². The average Bonchev–Trinajstić information content (AvgIpc) is 3.25. The number of nitrogens with one attached hydrogen (secondary N) is 1. The molecule has 11 atom stereocenters. The third-order valence-electron chi connectivity index (χ3n) is 9.15. The third-order valence-corrected chi connectivity index (χ3v) is 11.2. The normalized spacial score (nSPS) is 32.8. The van der Waals surface area contributed by atoms with Crippen LogP contribution < -0.4 is 5.32 Å².